The zero-order valence-electron chi connectivity index (χ0n) is 22.7. The van der Waals surface area contributed by atoms with Crippen LogP contribution in [0.5, 0.6) is 5.75 Å². The Balaban J connectivity index is 1.47. The van der Waals surface area contributed by atoms with E-state index in [1.165, 1.54) is 0 Å². The van der Waals surface area contributed by atoms with Crippen LogP contribution < -0.4 is 10.1 Å². The largest absolute Gasteiger partial charge is 0.484 e. The van der Waals surface area contributed by atoms with Gasteiger partial charge in [-0.25, -0.2) is 0 Å². The standard InChI is InChI=1S/C30H42N2O5/c1-16-11-12-23-28(3,4)26(32-35)22(36-18-9-7-6-8-10-18)15-30(23)29(16,5)14-20-21(33)13-19-24(25(20)37-30)17(2)31-27(19)34/h6-10,16-17,19-25,33,35H,11-15H2,1-5H3,(H,31,34). The highest BCUT2D eigenvalue weighted by atomic mass is 16.5. The Labute approximate surface area is 220 Å². The van der Waals surface area contributed by atoms with Crippen LogP contribution in [0.25, 0.3) is 0 Å². The van der Waals surface area contributed by atoms with E-state index in [4.69, 9.17) is 9.47 Å². The fourth-order valence-corrected chi connectivity index (χ4v) is 9.48. The summed E-state index contributed by atoms with van der Waals surface area (Å²) in [6.07, 6.45) is 2.80. The topological polar surface area (TPSA) is 100 Å². The number of oxime groups is 1. The van der Waals surface area contributed by atoms with Crippen molar-refractivity contribution in [2.24, 2.45) is 45.6 Å². The van der Waals surface area contributed by atoms with Crippen molar-refractivity contribution in [3.8, 4) is 5.75 Å². The zero-order valence-corrected chi connectivity index (χ0v) is 22.7. The molecule has 7 nitrogen and oxygen atoms in total. The molecular formula is C30H42N2O5. The van der Waals surface area contributed by atoms with Gasteiger partial charge in [-0.15, -0.1) is 0 Å². The number of nitrogens with zero attached hydrogens (tertiary/aromatic N) is 1. The molecule has 11 unspecified atom stereocenters. The highest BCUT2D eigenvalue weighted by Crippen LogP contribution is 2.68. The number of hydrogen-bond donors (Lipinski definition) is 3. The molecule has 2 heterocycles. The van der Waals surface area contributed by atoms with Gasteiger partial charge < -0.3 is 25.1 Å². The van der Waals surface area contributed by atoms with Crippen LogP contribution in [0.1, 0.15) is 66.7 Å². The van der Waals surface area contributed by atoms with Crippen LogP contribution in [-0.4, -0.2) is 51.9 Å². The Bertz CT molecular complexity index is 1090. The quantitative estimate of drug-likeness (QED) is 0.404. The number of fused-ring (bicyclic) bond motifs is 3. The van der Waals surface area contributed by atoms with E-state index in [1.807, 2.05) is 30.3 Å². The minimum absolute atomic E-state index is 0.00210. The number of amides is 1. The van der Waals surface area contributed by atoms with Gasteiger partial charge in [0, 0.05) is 41.0 Å². The van der Waals surface area contributed by atoms with E-state index in [9.17, 15) is 15.1 Å². The Hall–Kier alpha value is -2.12. The van der Waals surface area contributed by atoms with E-state index in [-0.39, 0.29) is 47.1 Å². The molecule has 0 aromatic heterocycles. The molecule has 11 atom stereocenters. The minimum Gasteiger partial charge on any atom is -0.484 e. The van der Waals surface area contributed by atoms with Crippen molar-refractivity contribution in [2.45, 2.75) is 96.7 Å². The summed E-state index contributed by atoms with van der Waals surface area (Å²) in [5.41, 5.74) is -0.512. The van der Waals surface area contributed by atoms with Gasteiger partial charge in [0.15, 0.2) is 0 Å². The normalized spacial score (nSPS) is 49.3. The molecule has 7 heteroatoms. The van der Waals surface area contributed by atoms with Crippen LogP contribution in [0.15, 0.2) is 35.5 Å². The lowest BCUT2D eigenvalue weighted by molar-refractivity contribution is -0.324. The van der Waals surface area contributed by atoms with Gasteiger partial charge in [-0.1, -0.05) is 51.0 Å². The van der Waals surface area contributed by atoms with Crippen LogP contribution in [0.2, 0.25) is 0 Å². The second-order valence-corrected chi connectivity index (χ2v) is 13.4. The smallest absolute Gasteiger partial charge is 0.223 e. The minimum atomic E-state index is -0.549. The van der Waals surface area contributed by atoms with Gasteiger partial charge in [0.2, 0.25) is 5.91 Å². The van der Waals surface area contributed by atoms with Crippen molar-refractivity contribution < 1.29 is 24.6 Å². The molecule has 6 rings (SSSR count). The number of aliphatic hydroxyl groups is 1. The van der Waals surface area contributed by atoms with Crippen LogP contribution in [0.4, 0.5) is 0 Å². The first kappa shape index (κ1) is 25.2. The number of carbonyl (C=O) groups excluding carboxylic acids is 1. The van der Waals surface area contributed by atoms with Crippen molar-refractivity contribution in [2.75, 3.05) is 0 Å². The van der Waals surface area contributed by atoms with Gasteiger partial charge >= 0.3 is 0 Å². The molecule has 1 aromatic carbocycles. The Morgan fingerprint density at radius 3 is 2.54 bits per heavy atom. The number of ether oxygens (including phenoxy) is 2. The molecule has 37 heavy (non-hydrogen) atoms. The summed E-state index contributed by atoms with van der Waals surface area (Å²) in [5, 5.41) is 28.6. The molecule has 1 amide bonds. The summed E-state index contributed by atoms with van der Waals surface area (Å²) in [4.78, 5) is 12.8. The van der Waals surface area contributed by atoms with E-state index in [1.54, 1.807) is 0 Å². The molecule has 2 aliphatic heterocycles. The van der Waals surface area contributed by atoms with Gasteiger partial charge in [0.25, 0.3) is 0 Å². The number of para-hydroxylation sites is 1. The van der Waals surface area contributed by atoms with Crippen molar-refractivity contribution in [1.82, 2.24) is 5.32 Å². The summed E-state index contributed by atoms with van der Waals surface area (Å²) in [6, 6.07) is 9.74. The van der Waals surface area contributed by atoms with Crippen LogP contribution in [0.3, 0.4) is 0 Å². The monoisotopic (exact) mass is 510 g/mol. The lowest BCUT2D eigenvalue weighted by Gasteiger charge is -2.70. The van der Waals surface area contributed by atoms with E-state index in [0.29, 0.717) is 24.5 Å². The number of hydrogen-bond acceptors (Lipinski definition) is 6. The van der Waals surface area contributed by atoms with Gasteiger partial charge in [-0.05, 0) is 56.6 Å². The molecule has 0 radical (unpaired) electrons. The predicted molar refractivity (Wildman–Crippen MR) is 139 cm³/mol. The maximum absolute atomic E-state index is 12.8. The first-order valence-corrected chi connectivity index (χ1v) is 14.1. The van der Waals surface area contributed by atoms with Gasteiger partial charge in [0.1, 0.15) is 17.6 Å². The first-order chi connectivity index (χ1) is 17.5. The molecule has 202 valence electrons. The van der Waals surface area contributed by atoms with Gasteiger partial charge in [0.05, 0.1) is 17.8 Å². The number of carbonyl (C=O) groups is 1. The van der Waals surface area contributed by atoms with E-state index in [0.717, 1.165) is 25.0 Å². The summed E-state index contributed by atoms with van der Waals surface area (Å²) in [6.45, 7) is 11.1. The number of nitrogens with one attached hydrogen (secondary N) is 1. The first-order valence-electron chi connectivity index (χ1n) is 14.1. The molecule has 1 spiro atoms. The third kappa shape index (κ3) is 3.38. The lowest BCUT2D eigenvalue weighted by atomic mass is 9.42. The fraction of sp³-hybridized carbons (Fsp3) is 0.733. The number of rotatable bonds is 2. The predicted octanol–water partition coefficient (Wildman–Crippen LogP) is 4.41. The van der Waals surface area contributed by atoms with E-state index < -0.39 is 23.2 Å². The van der Waals surface area contributed by atoms with Crippen molar-refractivity contribution in [1.29, 1.82) is 0 Å². The van der Waals surface area contributed by atoms with Crippen molar-refractivity contribution in [3.05, 3.63) is 30.3 Å². The molecule has 0 bridgehead atoms. The summed E-state index contributed by atoms with van der Waals surface area (Å²) < 4.78 is 14.1. The molecule has 5 aliphatic rings. The third-order valence-corrected chi connectivity index (χ3v) is 11.5. The van der Waals surface area contributed by atoms with E-state index >= 15 is 0 Å². The summed E-state index contributed by atoms with van der Waals surface area (Å²) in [7, 11) is 0. The average molecular weight is 511 g/mol. The summed E-state index contributed by atoms with van der Waals surface area (Å²) >= 11 is 0. The summed E-state index contributed by atoms with van der Waals surface area (Å²) in [5.74, 6) is 1.14. The van der Waals surface area contributed by atoms with Crippen molar-refractivity contribution >= 4 is 11.6 Å². The second-order valence-electron chi connectivity index (χ2n) is 13.4. The molecule has 3 aliphatic carbocycles. The fourth-order valence-electron chi connectivity index (χ4n) is 9.48. The SMILES string of the molecule is CC1NC(=O)C2CC(O)C3CC4(C)C(C)CCC5C(C)(C)C(=NO)C(Oc6ccccc6)CC54OC3C12. The molecule has 3 N–H and O–H groups in total. The second kappa shape index (κ2) is 8.44. The van der Waals surface area contributed by atoms with Crippen LogP contribution in [0, 0.1) is 40.4 Å². The van der Waals surface area contributed by atoms with Gasteiger partial charge in [-0.2, -0.15) is 0 Å². The molecule has 5 fully saturated rings. The van der Waals surface area contributed by atoms with Crippen LogP contribution in [-0.2, 0) is 9.53 Å². The Kier molecular flexibility index (Phi) is 5.74. The Morgan fingerprint density at radius 1 is 1.11 bits per heavy atom. The zero-order chi connectivity index (χ0) is 26.3. The van der Waals surface area contributed by atoms with E-state index in [2.05, 4.69) is 45.1 Å². The lowest BCUT2D eigenvalue weighted by Crippen LogP contribution is -2.75. The molecule has 2 saturated heterocycles. The number of benzene rings is 1. The van der Waals surface area contributed by atoms with Crippen LogP contribution >= 0.6 is 0 Å². The maximum Gasteiger partial charge on any atom is 0.223 e. The highest BCUT2D eigenvalue weighted by Gasteiger charge is 2.72. The molecule has 1 aromatic rings. The molecular weight excluding hydrogens is 468 g/mol. The van der Waals surface area contributed by atoms with Crippen molar-refractivity contribution in [3.63, 3.8) is 0 Å². The maximum atomic E-state index is 12.8. The third-order valence-electron chi connectivity index (χ3n) is 11.5. The highest BCUT2D eigenvalue weighted by molar-refractivity contribution is 5.95. The van der Waals surface area contributed by atoms with Gasteiger partial charge in [-0.3, -0.25) is 4.79 Å². The average Bonchev–Trinajstić information content (AvgIpc) is 3.12. The molecule has 3 saturated carbocycles. The Morgan fingerprint density at radius 2 is 1.84 bits per heavy atom. The number of aliphatic hydroxyl groups excluding tert-OH is 1.